The van der Waals surface area contributed by atoms with E-state index >= 15 is 0 Å². The van der Waals surface area contributed by atoms with Crippen molar-refractivity contribution in [3.8, 4) is 0 Å². The maximum Gasteiger partial charge on any atom is 0.317 e. The van der Waals surface area contributed by atoms with Gasteiger partial charge in [-0.15, -0.1) is 0 Å². The zero-order valence-electron chi connectivity index (χ0n) is 10.0. The largest absolute Gasteiger partial charge is 0.480 e. The van der Waals surface area contributed by atoms with E-state index in [1.807, 2.05) is 4.90 Å². The number of hydrogen-bond acceptors (Lipinski definition) is 4. The summed E-state index contributed by atoms with van der Waals surface area (Å²) in [4.78, 5) is 15.0. The second-order valence-electron chi connectivity index (χ2n) is 4.21. The van der Waals surface area contributed by atoms with Gasteiger partial charge in [0.15, 0.2) is 0 Å². The number of nitrogens with zero attached hydrogens (tertiary/aromatic N) is 2. The first-order valence-corrected chi connectivity index (χ1v) is 5.88. The number of carboxylic acid groups (broad SMARTS) is 1. The minimum Gasteiger partial charge on any atom is -0.480 e. The Labute approximate surface area is 97.0 Å². The number of hydrogen-bond donors (Lipinski definition) is 1. The average Bonchev–Trinajstić information content (AvgIpc) is 2.44. The van der Waals surface area contributed by atoms with Crippen LogP contribution in [0.1, 0.15) is 12.8 Å². The van der Waals surface area contributed by atoms with E-state index in [1.54, 1.807) is 7.11 Å². The topological polar surface area (TPSA) is 53.0 Å². The van der Waals surface area contributed by atoms with Crippen LogP contribution in [0.5, 0.6) is 0 Å². The molecule has 1 aliphatic heterocycles. The third-order valence-electron chi connectivity index (χ3n) is 2.86. The molecule has 5 nitrogen and oxygen atoms in total. The van der Waals surface area contributed by atoms with Gasteiger partial charge in [0.05, 0.1) is 6.54 Å². The van der Waals surface area contributed by atoms with Crippen molar-refractivity contribution in [1.82, 2.24) is 9.80 Å². The molecule has 0 radical (unpaired) electrons. The van der Waals surface area contributed by atoms with E-state index in [4.69, 9.17) is 9.84 Å². The normalized spacial score (nSPS) is 19.6. The van der Waals surface area contributed by atoms with E-state index < -0.39 is 5.97 Å². The van der Waals surface area contributed by atoms with Crippen LogP contribution in [0.3, 0.4) is 0 Å². The fraction of sp³-hybridized carbons (Fsp3) is 0.909. The Hall–Kier alpha value is -0.650. The number of aliphatic carboxylic acids is 1. The van der Waals surface area contributed by atoms with E-state index in [2.05, 4.69) is 4.90 Å². The highest BCUT2D eigenvalue weighted by atomic mass is 16.5. The minimum absolute atomic E-state index is 0.173. The Morgan fingerprint density at radius 2 is 1.94 bits per heavy atom. The first-order chi connectivity index (χ1) is 7.72. The SMILES string of the molecule is COCCCN1CCCN(CC(=O)O)CC1. The van der Waals surface area contributed by atoms with Crippen molar-refractivity contribution in [1.29, 1.82) is 0 Å². The molecule has 1 fully saturated rings. The maximum atomic E-state index is 10.6. The van der Waals surface area contributed by atoms with Gasteiger partial charge in [-0.05, 0) is 19.4 Å². The summed E-state index contributed by atoms with van der Waals surface area (Å²) in [5.41, 5.74) is 0. The molecule has 0 spiro atoms. The van der Waals surface area contributed by atoms with E-state index in [-0.39, 0.29) is 6.54 Å². The molecule has 0 atom stereocenters. The standard InChI is InChI=1S/C11H22N2O3/c1-16-9-3-6-12-4-2-5-13(8-7-12)10-11(14)15/h2-10H2,1H3,(H,14,15). The number of ether oxygens (including phenoxy) is 1. The second-order valence-corrected chi connectivity index (χ2v) is 4.21. The Morgan fingerprint density at radius 3 is 2.62 bits per heavy atom. The van der Waals surface area contributed by atoms with Crippen LogP contribution in [0, 0.1) is 0 Å². The molecular weight excluding hydrogens is 208 g/mol. The molecule has 0 aromatic carbocycles. The van der Waals surface area contributed by atoms with Crippen molar-refractivity contribution >= 4 is 5.97 Å². The third-order valence-corrected chi connectivity index (χ3v) is 2.86. The zero-order chi connectivity index (χ0) is 11.8. The number of carboxylic acids is 1. The molecule has 0 saturated carbocycles. The third kappa shape index (κ3) is 5.44. The highest BCUT2D eigenvalue weighted by Crippen LogP contribution is 2.03. The van der Waals surface area contributed by atoms with Gasteiger partial charge in [-0.3, -0.25) is 9.69 Å². The summed E-state index contributed by atoms with van der Waals surface area (Å²) < 4.78 is 5.02. The first-order valence-electron chi connectivity index (χ1n) is 5.88. The predicted octanol–water partition coefficient (Wildman–Crippen LogP) is 0.115. The summed E-state index contributed by atoms with van der Waals surface area (Å²) >= 11 is 0. The van der Waals surface area contributed by atoms with Gasteiger partial charge < -0.3 is 14.7 Å². The van der Waals surface area contributed by atoms with Crippen molar-refractivity contribution in [3.63, 3.8) is 0 Å². The molecule has 1 heterocycles. The molecule has 1 saturated heterocycles. The van der Waals surface area contributed by atoms with Crippen molar-refractivity contribution in [2.45, 2.75) is 12.8 Å². The van der Waals surface area contributed by atoms with Crippen LogP contribution in [0.15, 0.2) is 0 Å². The van der Waals surface area contributed by atoms with Crippen molar-refractivity contribution in [3.05, 3.63) is 0 Å². The monoisotopic (exact) mass is 230 g/mol. The Bertz CT molecular complexity index is 211. The Balaban J connectivity index is 2.20. The van der Waals surface area contributed by atoms with E-state index in [1.165, 1.54) is 0 Å². The van der Waals surface area contributed by atoms with E-state index in [0.29, 0.717) is 0 Å². The lowest BCUT2D eigenvalue weighted by molar-refractivity contribution is -0.138. The molecule has 0 aromatic rings. The van der Waals surface area contributed by atoms with Crippen LogP contribution in [0.2, 0.25) is 0 Å². The van der Waals surface area contributed by atoms with Crippen LogP contribution >= 0.6 is 0 Å². The molecule has 1 aliphatic rings. The van der Waals surface area contributed by atoms with Crippen molar-refractivity contribution < 1.29 is 14.6 Å². The lowest BCUT2D eigenvalue weighted by Gasteiger charge is -2.20. The van der Waals surface area contributed by atoms with Crippen LogP contribution in [0.4, 0.5) is 0 Å². The average molecular weight is 230 g/mol. The fourth-order valence-corrected chi connectivity index (χ4v) is 2.03. The zero-order valence-corrected chi connectivity index (χ0v) is 10.0. The number of rotatable bonds is 6. The van der Waals surface area contributed by atoms with Gasteiger partial charge in [0.25, 0.3) is 0 Å². The molecule has 16 heavy (non-hydrogen) atoms. The highest BCUT2D eigenvalue weighted by molar-refractivity contribution is 5.69. The molecule has 1 N–H and O–H groups in total. The number of methoxy groups -OCH3 is 1. The Kier molecular flexibility index (Phi) is 6.37. The summed E-state index contributed by atoms with van der Waals surface area (Å²) in [5.74, 6) is -0.729. The van der Waals surface area contributed by atoms with Gasteiger partial charge in [0.1, 0.15) is 0 Å². The smallest absolute Gasteiger partial charge is 0.317 e. The van der Waals surface area contributed by atoms with Gasteiger partial charge in [-0.25, -0.2) is 0 Å². The quantitative estimate of drug-likeness (QED) is 0.657. The summed E-state index contributed by atoms with van der Waals surface area (Å²) in [6.45, 7) is 5.82. The van der Waals surface area contributed by atoms with Crippen LogP contribution in [-0.2, 0) is 9.53 Å². The summed E-state index contributed by atoms with van der Waals surface area (Å²) in [5, 5.41) is 8.72. The molecule has 0 unspecified atom stereocenters. The van der Waals surface area contributed by atoms with Crippen molar-refractivity contribution in [2.24, 2.45) is 0 Å². The van der Waals surface area contributed by atoms with Gasteiger partial charge in [-0.2, -0.15) is 0 Å². The lowest BCUT2D eigenvalue weighted by atomic mass is 10.3. The molecule has 0 aromatic heterocycles. The van der Waals surface area contributed by atoms with Crippen LogP contribution in [-0.4, -0.2) is 73.9 Å². The molecule has 94 valence electrons. The van der Waals surface area contributed by atoms with Gasteiger partial charge in [-0.1, -0.05) is 0 Å². The lowest BCUT2D eigenvalue weighted by Crippen LogP contribution is -2.34. The Morgan fingerprint density at radius 1 is 1.25 bits per heavy atom. The molecule has 1 rings (SSSR count). The molecule has 0 amide bonds. The molecule has 5 heteroatoms. The molecule has 0 bridgehead atoms. The van der Waals surface area contributed by atoms with Gasteiger partial charge >= 0.3 is 5.97 Å². The first kappa shape index (κ1) is 13.4. The molecule has 0 aliphatic carbocycles. The minimum atomic E-state index is -0.729. The van der Waals surface area contributed by atoms with Crippen LogP contribution < -0.4 is 0 Å². The highest BCUT2D eigenvalue weighted by Gasteiger charge is 2.15. The fourth-order valence-electron chi connectivity index (χ4n) is 2.03. The molecular formula is C11H22N2O3. The summed E-state index contributed by atoms with van der Waals surface area (Å²) in [6, 6.07) is 0. The van der Waals surface area contributed by atoms with Crippen molar-refractivity contribution in [2.75, 3.05) is 53.0 Å². The summed E-state index contributed by atoms with van der Waals surface area (Å²) in [7, 11) is 1.72. The predicted molar refractivity (Wildman–Crippen MR) is 61.6 cm³/mol. The van der Waals surface area contributed by atoms with Gasteiger partial charge in [0.2, 0.25) is 0 Å². The van der Waals surface area contributed by atoms with Gasteiger partial charge in [0, 0.05) is 39.9 Å². The maximum absolute atomic E-state index is 10.6. The van der Waals surface area contributed by atoms with E-state index in [0.717, 1.165) is 52.2 Å². The summed E-state index contributed by atoms with van der Waals surface area (Å²) in [6.07, 6.45) is 2.11. The van der Waals surface area contributed by atoms with E-state index in [9.17, 15) is 4.79 Å². The van der Waals surface area contributed by atoms with Crippen LogP contribution in [0.25, 0.3) is 0 Å². The number of carbonyl (C=O) groups is 1. The second kappa shape index (κ2) is 7.60.